The zero-order chi connectivity index (χ0) is 13.8. The van der Waals surface area contributed by atoms with Crippen molar-refractivity contribution in [2.45, 2.75) is 0 Å². The van der Waals surface area contributed by atoms with E-state index in [-0.39, 0.29) is 11.3 Å². The molecule has 0 spiro atoms. The lowest BCUT2D eigenvalue weighted by molar-refractivity contribution is 0.102. The molecule has 0 aromatic heterocycles. The number of rotatable bonds is 3. The highest BCUT2D eigenvalue weighted by Gasteiger charge is 2.11. The third kappa shape index (κ3) is 3.20. The van der Waals surface area contributed by atoms with Crippen molar-refractivity contribution in [1.29, 1.82) is 0 Å². The molecule has 0 saturated heterocycles. The highest BCUT2D eigenvalue weighted by Crippen LogP contribution is 2.23. The molecule has 2 aromatic rings. The lowest BCUT2D eigenvalue weighted by atomic mass is 10.1. The van der Waals surface area contributed by atoms with Crippen molar-refractivity contribution in [1.82, 2.24) is 0 Å². The van der Waals surface area contributed by atoms with E-state index in [4.69, 9.17) is 0 Å². The van der Waals surface area contributed by atoms with E-state index in [2.05, 4.69) is 21.2 Å². The average molecular weight is 320 g/mol. The van der Waals surface area contributed by atoms with Crippen LogP contribution >= 0.6 is 15.9 Å². The molecular formula is C14H10BrNO3. The highest BCUT2D eigenvalue weighted by molar-refractivity contribution is 9.10. The number of carbonyl (C=O) groups is 2. The number of aromatic hydroxyl groups is 1. The lowest BCUT2D eigenvalue weighted by Crippen LogP contribution is -2.12. The number of anilines is 1. The molecule has 1 amide bonds. The molecule has 0 fully saturated rings. The van der Waals surface area contributed by atoms with Crippen LogP contribution in [0.1, 0.15) is 20.7 Å². The van der Waals surface area contributed by atoms with E-state index in [0.29, 0.717) is 15.7 Å². The summed E-state index contributed by atoms with van der Waals surface area (Å²) in [6, 6.07) is 11.1. The smallest absolute Gasteiger partial charge is 0.259 e. The van der Waals surface area contributed by atoms with Crippen LogP contribution < -0.4 is 5.32 Å². The second-order valence-corrected chi connectivity index (χ2v) is 4.77. The number of hydrogen-bond donors (Lipinski definition) is 2. The van der Waals surface area contributed by atoms with Gasteiger partial charge >= 0.3 is 0 Å². The number of carbonyl (C=O) groups excluding carboxylic acids is 2. The fraction of sp³-hybridized carbons (Fsp3) is 0. The molecule has 19 heavy (non-hydrogen) atoms. The highest BCUT2D eigenvalue weighted by atomic mass is 79.9. The van der Waals surface area contributed by atoms with E-state index in [9.17, 15) is 14.7 Å². The molecule has 0 aliphatic carbocycles. The Balaban J connectivity index is 2.20. The quantitative estimate of drug-likeness (QED) is 0.854. The second kappa shape index (κ2) is 5.67. The van der Waals surface area contributed by atoms with Crippen LogP contribution in [-0.4, -0.2) is 17.3 Å². The Kier molecular flexibility index (Phi) is 3.97. The largest absolute Gasteiger partial charge is 0.507 e. The van der Waals surface area contributed by atoms with E-state index in [0.717, 1.165) is 6.29 Å². The number of benzene rings is 2. The molecule has 0 unspecified atom stereocenters. The van der Waals surface area contributed by atoms with Gasteiger partial charge in [-0.25, -0.2) is 0 Å². The summed E-state index contributed by atoms with van der Waals surface area (Å²) in [7, 11) is 0. The molecule has 0 bridgehead atoms. The van der Waals surface area contributed by atoms with E-state index < -0.39 is 5.91 Å². The van der Waals surface area contributed by atoms with Crippen LogP contribution in [0.15, 0.2) is 46.9 Å². The summed E-state index contributed by atoms with van der Waals surface area (Å²) in [4.78, 5) is 22.5. The molecule has 0 radical (unpaired) electrons. The van der Waals surface area contributed by atoms with Crippen LogP contribution in [0.4, 0.5) is 5.69 Å². The summed E-state index contributed by atoms with van der Waals surface area (Å²) in [5.41, 5.74) is 1.26. The summed E-state index contributed by atoms with van der Waals surface area (Å²) >= 11 is 3.24. The normalized spacial score (nSPS) is 9.95. The minimum absolute atomic E-state index is 0.0924. The summed E-state index contributed by atoms with van der Waals surface area (Å²) in [5, 5.41) is 12.3. The second-order valence-electron chi connectivity index (χ2n) is 3.86. The van der Waals surface area contributed by atoms with Crippen molar-refractivity contribution in [2.75, 3.05) is 5.32 Å². The van der Waals surface area contributed by atoms with Gasteiger partial charge in [-0.15, -0.1) is 0 Å². The molecule has 0 saturated carbocycles. The van der Waals surface area contributed by atoms with Gasteiger partial charge in [0.25, 0.3) is 5.91 Å². The first-order valence-electron chi connectivity index (χ1n) is 5.45. The number of hydrogen-bond acceptors (Lipinski definition) is 3. The minimum Gasteiger partial charge on any atom is -0.507 e. The number of nitrogens with one attached hydrogen (secondary N) is 1. The Morgan fingerprint density at radius 2 is 1.84 bits per heavy atom. The zero-order valence-corrected chi connectivity index (χ0v) is 11.3. The van der Waals surface area contributed by atoms with Gasteiger partial charge in [-0.05, 0) is 42.5 Å². The molecule has 4 nitrogen and oxygen atoms in total. The lowest BCUT2D eigenvalue weighted by Gasteiger charge is -2.07. The SMILES string of the molecule is O=Cc1ccc(NC(=O)c2cc(Br)ccc2O)cc1. The van der Waals surface area contributed by atoms with Crippen molar-refractivity contribution in [3.63, 3.8) is 0 Å². The molecule has 2 N–H and O–H groups in total. The molecule has 2 rings (SSSR count). The van der Waals surface area contributed by atoms with Gasteiger partial charge < -0.3 is 10.4 Å². The molecule has 0 aliphatic heterocycles. The van der Waals surface area contributed by atoms with E-state index in [1.54, 1.807) is 30.3 Å². The van der Waals surface area contributed by atoms with Crippen LogP contribution in [0.5, 0.6) is 5.75 Å². The van der Waals surface area contributed by atoms with E-state index in [1.807, 2.05) is 0 Å². The first kappa shape index (κ1) is 13.3. The van der Waals surface area contributed by atoms with Crippen LogP contribution in [0, 0.1) is 0 Å². The maximum absolute atomic E-state index is 12.0. The predicted molar refractivity (Wildman–Crippen MR) is 75.6 cm³/mol. The van der Waals surface area contributed by atoms with Gasteiger partial charge in [0.2, 0.25) is 0 Å². The molecule has 96 valence electrons. The Morgan fingerprint density at radius 1 is 1.16 bits per heavy atom. The van der Waals surface area contributed by atoms with E-state index in [1.165, 1.54) is 12.1 Å². The number of phenols is 1. The van der Waals surface area contributed by atoms with E-state index >= 15 is 0 Å². The fourth-order valence-electron chi connectivity index (χ4n) is 1.53. The van der Waals surface area contributed by atoms with Crippen molar-refractivity contribution < 1.29 is 14.7 Å². The Labute approximate surface area is 118 Å². The number of halogens is 1. The van der Waals surface area contributed by atoms with Crippen LogP contribution in [0.2, 0.25) is 0 Å². The first-order chi connectivity index (χ1) is 9.10. The van der Waals surface area contributed by atoms with Gasteiger partial charge in [0.15, 0.2) is 0 Å². The van der Waals surface area contributed by atoms with Crippen LogP contribution in [-0.2, 0) is 0 Å². The molecule has 0 aliphatic rings. The Bertz CT molecular complexity index is 623. The summed E-state index contributed by atoms with van der Waals surface area (Å²) in [6.07, 6.45) is 0.728. The topological polar surface area (TPSA) is 66.4 Å². The van der Waals surface area contributed by atoms with Gasteiger partial charge in [0, 0.05) is 15.7 Å². The molecule has 0 atom stereocenters. The number of amides is 1. The monoisotopic (exact) mass is 319 g/mol. The summed E-state index contributed by atoms with van der Waals surface area (Å²) < 4.78 is 0.701. The third-order valence-electron chi connectivity index (χ3n) is 2.51. The van der Waals surface area contributed by atoms with Gasteiger partial charge in [0.1, 0.15) is 12.0 Å². The molecule has 5 heteroatoms. The third-order valence-corrected chi connectivity index (χ3v) is 3.00. The zero-order valence-electron chi connectivity index (χ0n) is 9.76. The van der Waals surface area contributed by atoms with Crippen molar-refractivity contribution >= 4 is 33.8 Å². The molecule has 0 heterocycles. The fourth-order valence-corrected chi connectivity index (χ4v) is 1.89. The number of phenolic OH excluding ortho intramolecular Hbond substituents is 1. The minimum atomic E-state index is -0.419. The number of aldehydes is 1. The standard InChI is InChI=1S/C14H10BrNO3/c15-10-3-6-13(18)12(7-10)14(19)16-11-4-1-9(8-17)2-5-11/h1-8,18H,(H,16,19). The Morgan fingerprint density at radius 3 is 2.47 bits per heavy atom. The molecule has 2 aromatic carbocycles. The average Bonchev–Trinajstić information content (AvgIpc) is 2.42. The maximum atomic E-state index is 12.0. The first-order valence-corrected chi connectivity index (χ1v) is 6.24. The summed E-state index contributed by atoms with van der Waals surface area (Å²) in [6.45, 7) is 0. The van der Waals surface area contributed by atoms with Gasteiger partial charge in [-0.2, -0.15) is 0 Å². The predicted octanol–water partition coefficient (Wildman–Crippen LogP) is 3.22. The van der Waals surface area contributed by atoms with Gasteiger partial charge in [-0.1, -0.05) is 15.9 Å². The Hall–Kier alpha value is -2.14. The van der Waals surface area contributed by atoms with Gasteiger partial charge in [-0.3, -0.25) is 9.59 Å². The summed E-state index contributed by atoms with van der Waals surface area (Å²) in [5.74, 6) is -0.511. The van der Waals surface area contributed by atoms with Gasteiger partial charge in [0.05, 0.1) is 5.56 Å². The van der Waals surface area contributed by atoms with Crippen molar-refractivity contribution in [3.8, 4) is 5.75 Å². The van der Waals surface area contributed by atoms with Crippen LogP contribution in [0.25, 0.3) is 0 Å². The van der Waals surface area contributed by atoms with Crippen LogP contribution in [0.3, 0.4) is 0 Å². The van der Waals surface area contributed by atoms with Crippen molar-refractivity contribution in [3.05, 3.63) is 58.1 Å². The maximum Gasteiger partial charge on any atom is 0.259 e. The van der Waals surface area contributed by atoms with Crippen molar-refractivity contribution in [2.24, 2.45) is 0 Å². The molecular weight excluding hydrogens is 310 g/mol.